The third kappa shape index (κ3) is 2.01. The van der Waals surface area contributed by atoms with Crippen LogP contribution in [0.2, 0.25) is 0 Å². The quantitative estimate of drug-likeness (QED) is 0.430. The maximum Gasteiger partial charge on any atom is 0.320 e. The Morgan fingerprint density at radius 1 is 1.64 bits per heavy atom. The molecule has 0 aromatic heterocycles. The zero-order valence-electron chi connectivity index (χ0n) is 6.16. The third-order valence-corrected chi connectivity index (χ3v) is 1.90. The average molecular weight is 158 g/mol. The molecule has 0 amide bonds. The Morgan fingerprint density at radius 3 is 2.91 bits per heavy atom. The monoisotopic (exact) mass is 158 g/mol. The first-order valence-electron chi connectivity index (χ1n) is 3.70. The first-order valence-corrected chi connectivity index (χ1v) is 3.70. The molecule has 3 N–H and O–H groups in total. The molecule has 0 spiro atoms. The molecule has 2 unspecified atom stereocenters. The number of rotatable bonds is 2. The highest BCUT2D eigenvalue weighted by atomic mass is 16.4. The van der Waals surface area contributed by atoms with E-state index < -0.39 is 12.0 Å². The van der Waals surface area contributed by atoms with Crippen LogP contribution in [-0.4, -0.2) is 34.2 Å². The number of nitrogens with one attached hydrogen (secondary N) is 1. The van der Waals surface area contributed by atoms with Crippen LogP contribution in [0.25, 0.3) is 0 Å². The van der Waals surface area contributed by atoms with Crippen LogP contribution < -0.4 is 5.32 Å². The van der Waals surface area contributed by atoms with Crippen LogP contribution >= 0.6 is 0 Å². The van der Waals surface area contributed by atoms with E-state index >= 15 is 0 Å². The molecule has 11 heavy (non-hydrogen) atoms. The van der Waals surface area contributed by atoms with Crippen LogP contribution in [0.4, 0.5) is 0 Å². The molecule has 0 aliphatic carbocycles. The Labute approximate surface area is 64.6 Å². The van der Waals surface area contributed by atoms with Gasteiger partial charge in [-0.1, -0.05) is 0 Å². The highest BCUT2D eigenvalue weighted by Crippen LogP contribution is 2.11. The van der Waals surface area contributed by atoms with Gasteiger partial charge in [-0.3, -0.25) is 14.9 Å². The number of carbonyl (C=O) groups excluding carboxylic acids is 1. The number of aldehydes is 1. The van der Waals surface area contributed by atoms with Crippen molar-refractivity contribution in [2.45, 2.75) is 31.3 Å². The van der Waals surface area contributed by atoms with Gasteiger partial charge in [-0.05, 0) is 19.3 Å². The van der Waals surface area contributed by atoms with E-state index in [-0.39, 0.29) is 6.04 Å². The highest BCUT2D eigenvalue weighted by molar-refractivity contribution is 5.74. The first kappa shape index (κ1) is 8.20. The largest absolute Gasteiger partial charge is 0.480 e. The van der Waals surface area contributed by atoms with Gasteiger partial charge in [0.2, 0.25) is 0 Å². The molecule has 0 saturated carbocycles. The summed E-state index contributed by atoms with van der Waals surface area (Å²) in [5.41, 5.74) is 0. The van der Waals surface area contributed by atoms with Gasteiger partial charge in [-0.15, -0.1) is 0 Å². The number of hydrogen-bond donors (Lipinski definition) is 2. The smallest absolute Gasteiger partial charge is 0.320 e. The number of aliphatic carboxylic acids is 1. The number of carboxylic acid groups (broad SMARTS) is 1. The molecule has 0 aromatic rings. The molecule has 1 fully saturated rings. The molecule has 4 heteroatoms. The lowest BCUT2D eigenvalue weighted by atomic mass is 10.00. The SMILES string of the molecule is O=C(O)C1CCCC(C=[OH+])N1. The van der Waals surface area contributed by atoms with Gasteiger partial charge in [0.25, 0.3) is 6.29 Å². The van der Waals surface area contributed by atoms with E-state index in [0.717, 1.165) is 19.1 Å². The number of carboxylic acids is 1. The molecule has 1 aliphatic heterocycles. The van der Waals surface area contributed by atoms with Gasteiger partial charge in [0.05, 0.1) is 0 Å². The van der Waals surface area contributed by atoms with Crippen LogP contribution in [-0.2, 0) is 4.79 Å². The van der Waals surface area contributed by atoms with Gasteiger partial charge >= 0.3 is 5.97 Å². The molecule has 1 rings (SSSR count). The molecule has 0 aromatic carbocycles. The van der Waals surface area contributed by atoms with Crippen LogP contribution in [0.5, 0.6) is 0 Å². The molecule has 1 saturated heterocycles. The maximum absolute atomic E-state index is 10.5. The summed E-state index contributed by atoms with van der Waals surface area (Å²) in [5.74, 6) is -0.837. The van der Waals surface area contributed by atoms with Gasteiger partial charge < -0.3 is 5.11 Å². The fraction of sp³-hybridized carbons (Fsp3) is 0.714. The Balaban J connectivity index is 2.45. The van der Waals surface area contributed by atoms with Crippen molar-refractivity contribution in [2.75, 3.05) is 0 Å². The molecule has 4 nitrogen and oxygen atoms in total. The standard InChI is InChI=1S/C7H11NO3/c9-4-5-2-1-3-6(8-5)7(10)11/h4-6,8H,1-3H2,(H,10,11)/p+1. The molecular weight excluding hydrogens is 146 g/mol. The van der Waals surface area contributed by atoms with E-state index in [9.17, 15) is 4.79 Å². The summed E-state index contributed by atoms with van der Waals surface area (Å²) in [5, 5.41) is 11.4. The normalized spacial score (nSPS) is 31.3. The van der Waals surface area contributed by atoms with Crippen molar-refractivity contribution >= 4 is 12.3 Å². The molecule has 0 bridgehead atoms. The molecule has 0 radical (unpaired) electrons. The number of carbonyl (C=O) groups is 1. The van der Waals surface area contributed by atoms with E-state index in [1.165, 1.54) is 0 Å². The zero-order chi connectivity index (χ0) is 8.27. The summed E-state index contributed by atoms with van der Waals surface area (Å²) in [6.07, 6.45) is 3.35. The molecular formula is C7H12NO3+. The summed E-state index contributed by atoms with van der Waals surface area (Å²) in [7, 11) is 0. The molecule has 1 aliphatic rings. The predicted molar refractivity (Wildman–Crippen MR) is 40.2 cm³/mol. The van der Waals surface area contributed by atoms with E-state index in [1.54, 1.807) is 0 Å². The van der Waals surface area contributed by atoms with E-state index in [0.29, 0.717) is 6.42 Å². The van der Waals surface area contributed by atoms with Gasteiger partial charge in [0.15, 0.2) is 0 Å². The van der Waals surface area contributed by atoms with E-state index in [2.05, 4.69) is 5.32 Å². The van der Waals surface area contributed by atoms with Crippen molar-refractivity contribution in [2.24, 2.45) is 0 Å². The topological polar surface area (TPSA) is 70.7 Å². The minimum Gasteiger partial charge on any atom is -0.480 e. The van der Waals surface area contributed by atoms with Crippen LogP contribution in [0.1, 0.15) is 19.3 Å². The van der Waals surface area contributed by atoms with Crippen molar-refractivity contribution in [3.63, 3.8) is 0 Å². The summed E-state index contributed by atoms with van der Waals surface area (Å²) in [4.78, 5) is 19.1. The van der Waals surface area contributed by atoms with Crippen molar-refractivity contribution in [1.82, 2.24) is 5.32 Å². The Morgan fingerprint density at radius 2 is 2.36 bits per heavy atom. The number of hydrogen-bond acceptors (Lipinski definition) is 2. The van der Waals surface area contributed by atoms with Crippen LogP contribution in [0.3, 0.4) is 0 Å². The second-order valence-electron chi connectivity index (χ2n) is 2.74. The van der Waals surface area contributed by atoms with Gasteiger partial charge in [-0.2, -0.15) is 0 Å². The van der Waals surface area contributed by atoms with E-state index in [4.69, 9.17) is 9.90 Å². The molecule has 1 heterocycles. The minimum absolute atomic E-state index is 0.148. The summed E-state index contributed by atoms with van der Waals surface area (Å²) >= 11 is 0. The van der Waals surface area contributed by atoms with Crippen molar-refractivity contribution in [3.8, 4) is 0 Å². The van der Waals surface area contributed by atoms with Crippen LogP contribution in [0.15, 0.2) is 0 Å². The fourth-order valence-electron chi connectivity index (χ4n) is 1.28. The lowest BCUT2D eigenvalue weighted by Gasteiger charge is -2.22. The minimum atomic E-state index is -0.837. The van der Waals surface area contributed by atoms with Crippen molar-refractivity contribution in [3.05, 3.63) is 0 Å². The Hall–Kier alpha value is -0.900. The fourth-order valence-corrected chi connectivity index (χ4v) is 1.28. The zero-order valence-corrected chi connectivity index (χ0v) is 6.16. The lowest BCUT2D eigenvalue weighted by Crippen LogP contribution is -2.47. The molecule has 62 valence electrons. The number of piperidine rings is 1. The third-order valence-electron chi connectivity index (χ3n) is 1.90. The Bertz CT molecular complexity index is 169. The summed E-state index contributed by atoms with van der Waals surface area (Å²) in [6, 6.07) is -0.637. The predicted octanol–water partition coefficient (Wildman–Crippen LogP) is -0.244. The van der Waals surface area contributed by atoms with Crippen molar-refractivity contribution in [1.29, 1.82) is 0 Å². The average Bonchev–Trinajstić information content (AvgIpc) is 2.05. The van der Waals surface area contributed by atoms with Crippen molar-refractivity contribution < 1.29 is 14.7 Å². The van der Waals surface area contributed by atoms with Crippen LogP contribution in [0, 0.1) is 0 Å². The highest BCUT2D eigenvalue weighted by Gasteiger charge is 2.26. The lowest BCUT2D eigenvalue weighted by molar-refractivity contribution is -0.140. The molecule has 2 atom stereocenters. The van der Waals surface area contributed by atoms with Gasteiger partial charge in [-0.25, -0.2) is 0 Å². The van der Waals surface area contributed by atoms with Gasteiger partial charge in [0.1, 0.15) is 12.1 Å². The summed E-state index contributed by atoms with van der Waals surface area (Å²) < 4.78 is 0. The summed E-state index contributed by atoms with van der Waals surface area (Å²) in [6.45, 7) is 0. The second kappa shape index (κ2) is 3.48. The first-order chi connectivity index (χ1) is 5.24. The second-order valence-corrected chi connectivity index (χ2v) is 2.74. The Kier molecular flexibility index (Phi) is 2.59. The van der Waals surface area contributed by atoms with Gasteiger partial charge in [0, 0.05) is 0 Å². The maximum atomic E-state index is 10.5. The van der Waals surface area contributed by atoms with E-state index in [1.807, 2.05) is 0 Å².